The number of nitriles is 1. The van der Waals surface area contributed by atoms with E-state index in [1.807, 2.05) is 0 Å². The Hall–Kier alpha value is -0.810. The SMILES string of the molecule is N#Cc1cc(C(F)(F)F)cc(I)c1CN. The van der Waals surface area contributed by atoms with Crippen molar-refractivity contribution in [2.45, 2.75) is 12.7 Å². The van der Waals surface area contributed by atoms with Crippen molar-refractivity contribution >= 4 is 22.6 Å². The van der Waals surface area contributed by atoms with Crippen LogP contribution in [0, 0.1) is 14.9 Å². The summed E-state index contributed by atoms with van der Waals surface area (Å²) in [5.41, 5.74) is 4.96. The molecule has 0 atom stereocenters. The molecule has 0 fully saturated rings. The molecule has 0 unspecified atom stereocenters. The first kappa shape index (κ1) is 12.3. The molecule has 6 heteroatoms. The van der Waals surface area contributed by atoms with E-state index in [1.165, 1.54) is 0 Å². The number of nitrogens with two attached hydrogens (primary N) is 1. The second kappa shape index (κ2) is 4.37. The highest BCUT2D eigenvalue weighted by molar-refractivity contribution is 14.1. The van der Waals surface area contributed by atoms with Gasteiger partial charge in [0.15, 0.2) is 0 Å². The van der Waals surface area contributed by atoms with Gasteiger partial charge in [-0.15, -0.1) is 0 Å². The van der Waals surface area contributed by atoms with E-state index in [1.54, 1.807) is 28.7 Å². The Morgan fingerprint density at radius 2 is 2.00 bits per heavy atom. The summed E-state index contributed by atoms with van der Waals surface area (Å²) in [4.78, 5) is 0. The average Bonchev–Trinajstić information content (AvgIpc) is 2.15. The topological polar surface area (TPSA) is 49.8 Å². The van der Waals surface area contributed by atoms with Gasteiger partial charge in [0.1, 0.15) is 0 Å². The van der Waals surface area contributed by atoms with E-state index < -0.39 is 11.7 Å². The predicted molar refractivity (Wildman–Crippen MR) is 56.8 cm³/mol. The molecular formula is C9H6F3IN2. The largest absolute Gasteiger partial charge is 0.416 e. The summed E-state index contributed by atoms with van der Waals surface area (Å²) in [5, 5.41) is 8.69. The Bertz CT molecular complexity index is 421. The van der Waals surface area contributed by atoms with Crippen molar-refractivity contribution in [2.24, 2.45) is 5.73 Å². The molecule has 0 saturated carbocycles. The number of hydrogen-bond acceptors (Lipinski definition) is 2. The van der Waals surface area contributed by atoms with Crippen molar-refractivity contribution in [3.05, 3.63) is 32.4 Å². The van der Waals surface area contributed by atoms with Crippen LogP contribution >= 0.6 is 22.6 Å². The number of alkyl halides is 3. The van der Waals surface area contributed by atoms with Gasteiger partial charge >= 0.3 is 6.18 Å². The van der Waals surface area contributed by atoms with Gasteiger partial charge in [-0.05, 0) is 40.3 Å². The van der Waals surface area contributed by atoms with E-state index in [0.29, 0.717) is 9.13 Å². The van der Waals surface area contributed by atoms with Gasteiger partial charge in [0.2, 0.25) is 0 Å². The summed E-state index contributed by atoms with van der Waals surface area (Å²) >= 11 is 1.74. The first-order valence-electron chi connectivity index (χ1n) is 3.90. The zero-order valence-electron chi connectivity index (χ0n) is 7.40. The molecule has 0 aliphatic carbocycles. The van der Waals surface area contributed by atoms with E-state index in [-0.39, 0.29) is 12.1 Å². The van der Waals surface area contributed by atoms with Crippen LogP contribution in [-0.4, -0.2) is 0 Å². The van der Waals surface area contributed by atoms with Crippen molar-refractivity contribution in [1.82, 2.24) is 0 Å². The minimum Gasteiger partial charge on any atom is -0.326 e. The van der Waals surface area contributed by atoms with Gasteiger partial charge in [-0.1, -0.05) is 0 Å². The molecule has 0 heterocycles. The minimum atomic E-state index is -4.43. The van der Waals surface area contributed by atoms with Gasteiger partial charge in [0, 0.05) is 10.1 Å². The summed E-state index contributed by atoms with van der Waals surface area (Å²) in [6.07, 6.45) is -4.43. The Labute approximate surface area is 98.0 Å². The molecule has 80 valence electrons. The third-order valence-corrected chi connectivity index (χ3v) is 2.81. The van der Waals surface area contributed by atoms with E-state index in [2.05, 4.69) is 0 Å². The van der Waals surface area contributed by atoms with Gasteiger partial charge in [-0.2, -0.15) is 18.4 Å². The lowest BCUT2D eigenvalue weighted by molar-refractivity contribution is -0.137. The molecule has 0 aliphatic heterocycles. The Morgan fingerprint density at radius 1 is 1.40 bits per heavy atom. The molecule has 2 nitrogen and oxygen atoms in total. The molecule has 0 amide bonds. The molecule has 1 aromatic rings. The predicted octanol–water partition coefficient (Wildman–Crippen LogP) is 2.64. The smallest absolute Gasteiger partial charge is 0.326 e. The Morgan fingerprint density at radius 3 is 2.40 bits per heavy atom. The number of rotatable bonds is 1. The van der Waals surface area contributed by atoms with E-state index in [0.717, 1.165) is 12.1 Å². The number of benzene rings is 1. The second-order valence-electron chi connectivity index (χ2n) is 2.80. The van der Waals surface area contributed by atoms with Crippen LogP contribution in [0.4, 0.5) is 13.2 Å². The van der Waals surface area contributed by atoms with Gasteiger partial charge in [0.05, 0.1) is 17.2 Å². The van der Waals surface area contributed by atoms with Gasteiger partial charge in [-0.3, -0.25) is 0 Å². The van der Waals surface area contributed by atoms with Crippen LogP contribution < -0.4 is 5.73 Å². The van der Waals surface area contributed by atoms with Crippen molar-refractivity contribution in [2.75, 3.05) is 0 Å². The molecule has 1 rings (SSSR count). The molecule has 0 radical (unpaired) electrons. The van der Waals surface area contributed by atoms with Gasteiger partial charge in [-0.25, -0.2) is 0 Å². The molecule has 0 bridgehead atoms. The van der Waals surface area contributed by atoms with Crippen molar-refractivity contribution < 1.29 is 13.2 Å². The highest BCUT2D eigenvalue weighted by Crippen LogP contribution is 2.32. The first-order chi connectivity index (χ1) is 6.90. The van der Waals surface area contributed by atoms with Crippen LogP contribution in [0.3, 0.4) is 0 Å². The molecule has 15 heavy (non-hydrogen) atoms. The molecule has 0 aliphatic rings. The lowest BCUT2D eigenvalue weighted by atomic mass is 10.0. The fraction of sp³-hybridized carbons (Fsp3) is 0.222. The third-order valence-electron chi connectivity index (χ3n) is 1.85. The Kier molecular flexibility index (Phi) is 3.57. The van der Waals surface area contributed by atoms with Crippen LogP contribution in [0.1, 0.15) is 16.7 Å². The zero-order valence-corrected chi connectivity index (χ0v) is 9.56. The highest BCUT2D eigenvalue weighted by Gasteiger charge is 2.31. The zero-order chi connectivity index (χ0) is 11.6. The quantitative estimate of drug-likeness (QED) is 0.807. The maximum atomic E-state index is 12.4. The summed E-state index contributed by atoms with van der Waals surface area (Å²) in [7, 11) is 0. The van der Waals surface area contributed by atoms with Gasteiger partial charge in [0.25, 0.3) is 0 Å². The maximum absolute atomic E-state index is 12.4. The van der Waals surface area contributed by atoms with E-state index >= 15 is 0 Å². The monoisotopic (exact) mass is 326 g/mol. The third kappa shape index (κ3) is 2.60. The van der Waals surface area contributed by atoms with Crippen LogP contribution in [0.15, 0.2) is 12.1 Å². The summed E-state index contributed by atoms with van der Waals surface area (Å²) < 4.78 is 37.5. The van der Waals surface area contributed by atoms with Gasteiger partial charge < -0.3 is 5.73 Å². The minimum absolute atomic E-state index is 0.0169. The van der Waals surface area contributed by atoms with Crippen molar-refractivity contribution in [3.63, 3.8) is 0 Å². The van der Waals surface area contributed by atoms with Crippen molar-refractivity contribution in [1.29, 1.82) is 5.26 Å². The second-order valence-corrected chi connectivity index (χ2v) is 3.96. The number of nitrogens with zero attached hydrogens (tertiary/aromatic N) is 1. The van der Waals surface area contributed by atoms with Crippen LogP contribution in [0.2, 0.25) is 0 Å². The molecule has 2 N–H and O–H groups in total. The molecule has 1 aromatic carbocycles. The maximum Gasteiger partial charge on any atom is 0.416 e. The number of halogens is 4. The highest BCUT2D eigenvalue weighted by atomic mass is 127. The molecule has 0 spiro atoms. The van der Waals surface area contributed by atoms with Crippen LogP contribution in [-0.2, 0) is 12.7 Å². The lowest BCUT2D eigenvalue weighted by Gasteiger charge is -2.10. The molecule has 0 aromatic heterocycles. The summed E-state index contributed by atoms with van der Waals surface area (Å²) in [6, 6.07) is 3.53. The van der Waals surface area contributed by atoms with E-state index in [4.69, 9.17) is 11.0 Å². The first-order valence-corrected chi connectivity index (χ1v) is 4.97. The van der Waals surface area contributed by atoms with Crippen LogP contribution in [0.25, 0.3) is 0 Å². The Balaban J connectivity index is 3.41. The lowest BCUT2D eigenvalue weighted by Crippen LogP contribution is -2.09. The molecule has 0 saturated heterocycles. The van der Waals surface area contributed by atoms with E-state index in [9.17, 15) is 13.2 Å². The average molecular weight is 326 g/mol. The summed E-state index contributed by atoms with van der Waals surface area (Å²) in [6.45, 7) is 0.0549. The summed E-state index contributed by atoms with van der Waals surface area (Å²) in [5.74, 6) is 0. The fourth-order valence-corrected chi connectivity index (χ4v) is 1.95. The normalized spacial score (nSPS) is 11.2. The standard InChI is InChI=1S/C9H6F3IN2/c10-9(11,12)6-1-5(3-14)7(4-15)8(13)2-6/h1-2H,4,15H2. The van der Waals surface area contributed by atoms with Crippen molar-refractivity contribution in [3.8, 4) is 6.07 Å². The van der Waals surface area contributed by atoms with Crippen LogP contribution in [0.5, 0.6) is 0 Å². The fourth-order valence-electron chi connectivity index (χ4n) is 1.11. The number of hydrogen-bond donors (Lipinski definition) is 1. The molecular weight excluding hydrogens is 320 g/mol.